The van der Waals surface area contributed by atoms with E-state index in [2.05, 4.69) is 15.4 Å². The highest BCUT2D eigenvalue weighted by atomic mass is 19.3. The van der Waals surface area contributed by atoms with Crippen LogP contribution in [0.3, 0.4) is 0 Å². The minimum atomic E-state index is -3.64. The van der Waals surface area contributed by atoms with E-state index in [0.717, 1.165) is 29.0 Å². The van der Waals surface area contributed by atoms with Gasteiger partial charge in [-0.15, -0.1) is 0 Å². The number of benzene rings is 2. The Hall–Kier alpha value is -4.41. The summed E-state index contributed by atoms with van der Waals surface area (Å²) < 4.78 is 64.5. The molecule has 0 unspecified atom stereocenters. The summed E-state index contributed by atoms with van der Waals surface area (Å²) in [5.41, 5.74) is 2.37. The van der Waals surface area contributed by atoms with Crippen molar-refractivity contribution >= 4 is 22.5 Å². The summed E-state index contributed by atoms with van der Waals surface area (Å²) in [4.78, 5) is 16.1. The molecule has 7 nitrogen and oxygen atoms in total. The minimum absolute atomic E-state index is 0.0362. The van der Waals surface area contributed by atoms with Crippen LogP contribution in [-0.4, -0.2) is 37.0 Å². The molecule has 37 heavy (non-hydrogen) atoms. The maximum absolute atomic E-state index is 14.0. The standard InChI is InChI=1S/C26H21F4N5O2/c1-15(33-25(36)26(2,29)30)24(16-9-18(27)12-19(28)10-16)37-21-4-5-22-17(11-21)13-32-35(22)20-3-6-23-31-7-8-34(23)14-20/h3-15,24H,1-2H3,(H,33,36)/t15-,24-/m0/s1. The highest BCUT2D eigenvalue weighted by molar-refractivity contribution is 5.83. The number of pyridine rings is 1. The molecule has 0 saturated carbocycles. The lowest BCUT2D eigenvalue weighted by Crippen LogP contribution is -2.46. The fourth-order valence-corrected chi connectivity index (χ4v) is 4.08. The van der Waals surface area contributed by atoms with Crippen LogP contribution in [0.5, 0.6) is 5.75 Å². The molecule has 0 aliphatic rings. The number of nitrogens with one attached hydrogen (secondary N) is 1. The molecule has 2 aromatic carbocycles. The quantitative estimate of drug-likeness (QED) is 0.304. The molecule has 0 bridgehead atoms. The van der Waals surface area contributed by atoms with Gasteiger partial charge in [-0.2, -0.15) is 13.9 Å². The SMILES string of the molecule is C[C@H](NC(=O)C(C)(F)F)[C@H](Oc1ccc2c(cnn2-c2ccc3nccn3c2)c1)c1cc(F)cc(F)c1. The van der Waals surface area contributed by atoms with Crippen LogP contribution in [-0.2, 0) is 4.79 Å². The third-order valence-electron chi connectivity index (χ3n) is 5.85. The number of rotatable bonds is 7. The molecule has 0 fully saturated rings. The normalized spacial score (nSPS) is 13.6. The average Bonchev–Trinajstić information content (AvgIpc) is 3.47. The average molecular weight is 511 g/mol. The van der Waals surface area contributed by atoms with E-state index in [0.29, 0.717) is 18.4 Å². The number of fused-ring (bicyclic) bond motifs is 2. The van der Waals surface area contributed by atoms with Crippen LogP contribution < -0.4 is 10.1 Å². The van der Waals surface area contributed by atoms with Gasteiger partial charge in [0.1, 0.15) is 29.1 Å². The summed E-state index contributed by atoms with van der Waals surface area (Å²) in [7, 11) is 0. The van der Waals surface area contributed by atoms with Gasteiger partial charge in [0.15, 0.2) is 0 Å². The van der Waals surface area contributed by atoms with Crippen molar-refractivity contribution in [3.05, 3.63) is 90.5 Å². The molecular formula is C26H21F4N5O2. The summed E-state index contributed by atoms with van der Waals surface area (Å²) in [5.74, 6) is -6.61. The van der Waals surface area contributed by atoms with Gasteiger partial charge in [0, 0.05) is 42.5 Å². The molecule has 0 aliphatic carbocycles. The molecule has 0 radical (unpaired) electrons. The van der Waals surface area contributed by atoms with Crippen molar-refractivity contribution in [3.8, 4) is 11.4 Å². The van der Waals surface area contributed by atoms with Gasteiger partial charge in [-0.1, -0.05) is 0 Å². The topological polar surface area (TPSA) is 73.4 Å². The molecule has 1 amide bonds. The number of carbonyl (C=O) groups is 1. The van der Waals surface area contributed by atoms with E-state index in [1.807, 2.05) is 28.9 Å². The second kappa shape index (κ2) is 9.23. The Morgan fingerprint density at radius 3 is 2.57 bits per heavy atom. The summed E-state index contributed by atoms with van der Waals surface area (Å²) in [6.07, 6.45) is 5.84. The number of amides is 1. The molecular weight excluding hydrogens is 490 g/mol. The molecule has 1 N–H and O–H groups in total. The summed E-state index contributed by atoms with van der Waals surface area (Å²) in [5, 5.41) is 7.32. The first-order valence-corrected chi connectivity index (χ1v) is 11.3. The lowest BCUT2D eigenvalue weighted by Gasteiger charge is -2.27. The van der Waals surface area contributed by atoms with Crippen molar-refractivity contribution in [2.24, 2.45) is 0 Å². The molecule has 5 aromatic rings. The van der Waals surface area contributed by atoms with E-state index in [-0.39, 0.29) is 11.3 Å². The molecule has 0 spiro atoms. The van der Waals surface area contributed by atoms with E-state index in [1.54, 1.807) is 35.3 Å². The monoisotopic (exact) mass is 511 g/mol. The number of hydrogen-bond acceptors (Lipinski definition) is 4. The van der Waals surface area contributed by atoms with Crippen molar-refractivity contribution in [1.29, 1.82) is 0 Å². The zero-order chi connectivity index (χ0) is 26.3. The van der Waals surface area contributed by atoms with Gasteiger partial charge in [0.05, 0.1) is 23.4 Å². The molecule has 0 saturated heterocycles. The first kappa shape index (κ1) is 24.3. The third-order valence-corrected chi connectivity index (χ3v) is 5.85. The van der Waals surface area contributed by atoms with Gasteiger partial charge in [-0.25, -0.2) is 18.4 Å². The van der Waals surface area contributed by atoms with E-state index in [9.17, 15) is 22.4 Å². The summed E-state index contributed by atoms with van der Waals surface area (Å²) in [6.45, 7) is 1.88. The smallest absolute Gasteiger partial charge is 0.321 e. The second-order valence-corrected chi connectivity index (χ2v) is 8.75. The fraction of sp³-hybridized carbons (Fsp3) is 0.192. The Kier molecular flexibility index (Phi) is 6.06. The molecule has 11 heteroatoms. The second-order valence-electron chi connectivity index (χ2n) is 8.75. The molecule has 0 aliphatic heterocycles. The van der Waals surface area contributed by atoms with Gasteiger partial charge in [0.25, 0.3) is 5.91 Å². The van der Waals surface area contributed by atoms with Gasteiger partial charge < -0.3 is 14.5 Å². The Morgan fingerprint density at radius 2 is 1.84 bits per heavy atom. The van der Waals surface area contributed by atoms with Crippen LogP contribution in [0.1, 0.15) is 25.5 Å². The molecule has 2 atom stereocenters. The lowest BCUT2D eigenvalue weighted by molar-refractivity contribution is -0.144. The Morgan fingerprint density at radius 1 is 1.08 bits per heavy atom. The van der Waals surface area contributed by atoms with Crippen molar-refractivity contribution in [1.82, 2.24) is 24.5 Å². The van der Waals surface area contributed by atoms with Gasteiger partial charge in [-0.05, 0) is 49.4 Å². The summed E-state index contributed by atoms with van der Waals surface area (Å²) >= 11 is 0. The zero-order valence-corrected chi connectivity index (χ0v) is 19.7. The lowest BCUT2D eigenvalue weighted by atomic mass is 10.0. The van der Waals surface area contributed by atoms with E-state index < -0.39 is 35.6 Å². The van der Waals surface area contributed by atoms with Crippen LogP contribution in [0, 0.1) is 11.6 Å². The van der Waals surface area contributed by atoms with Gasteiger partial charge >= 0.3 is 5.92 Å². The molecule has 3 aromatic heterocycles. The largest absolute Gasteiger partial charge is 0.484 e. The number of nitrogens with zero attached hydrogens (tertiary/aromatic N) is 4. The van der Waals surface area contributed by atoms with Crippen LogP contribution in [0.4, 0.5) is 17.6 Å². The van der Waals surface area contributed by atoms with Crippen LogP contribution in [0.15, 0.2) is 73.3 Å². The number of alkyl halides is 2. The zero-order valence-electron chi connectivity index (χ0n) is 19.7. The number of carbonyl (C=O) groups excluding carboxylic acids is 1. The maximum atomic E-state index is 14.0. The number of hydrogen-bond donors (Lipinski definition) is 1. The van der Waals surface area contributed by atoms with Crippen molar-refractivity contribution in [2.45, 2.75) is 31.9 Å². The van der Waals surface area contributed by atoms with E-state index >= 15 is 0 Å². The van der Waals surface area contributed by atoms with Gasteiger partial charge in [-0.3, -0.25) is 4.79 Å². The Labute approximate surface area is 208 Å². The number of halogens is 4. The molecule has 190 valence electrons. The highest BCUT2D eigenvalue weighted by Gasteiger charge is 2.35. The highest BCUT2D eigenvalue weighted by Crippen LogP contribution is 2.30. The third kappa shape index (κ3) is 4.97. The van der Waals surface area contributed by atoms with Crippen LogP contribution in [0.2, 0.25) is 0 Å². The molecule has 5 rings (SSSR count). The van der Waals surface area contributed by atoms with Crippen molar-refractivity contribution in [3.63, 3.8) is 0 Å². The van der Waals surface area contributed by atoms with Crippen molar-refractivity contribution < 1.29 is 27.1 Å². The fourth-order valence-electron chi connectivity index (χ4n) is 4.08. The number of ether oxygens (including phenoxy) is 1. The first-order chi connectivity index (χ1) is 17.6. The van der Waals surface area contributed by atoms with E-state index in [1.165, 1.54) is 6.92 Å². The maximum Gasteiger partial charge on any atom is 0.321 e. The minimum Gasteiger partial charge on any atom is -0.484 e. The number of aromatic nitrogens is 4. The van der Waals surface area contributed by atoms with Crippen LogP contribution >= 0.6 is 0 Å². The molecule has 3 heterocycles. The Bertz CT molecular complexity index is 1590. The first-order valence-electron chi connectivity index (χ1n) is 11.3. The van der Waals surface area contributed by atoms with Crippen LogP contribution in [0.25, 0.3) is 22.2 Å². The predicted molar refractivity (Wildman–Crippen MR) is 128 cm³/mol. The van der Waals surface area contributed by atoms with Gasteiger partial charge in [0.2, 0.25) is 0 Å². The predicted octanol–water partition coefficient (Wildman–Crippen LogP) is 5.23. The van der Waals surface area contributed by atoms with E-state index in [4.69, 9.17) is 4.74 Å². The Balaban J connectivity index is 1.47. The summed E-state index contributed by atoms with van der Waals surface area (Å²) in [6, 6.07) is 10.5. The van der Waals surface area contributed by atoms with Crippen molar-refractivity contribution in [2.75, 3.05) is 0 Å². The number of imidazole rings is 1.